The van der Waals surface area contributed by atoms with Gasteiger partial charge in [-0.3, -0.25) is 4.68 Å². The topological polar surface area (TPSA) is 62.6 Å². The second kappa shape index (κ2) is 6.77. The molecule has 0 unspecified atom stereocenters. The van der Waals surface area contributed by atoms with Gasteiger partial charge < -0.3 is 19.9 Å². The summed E-state index contributed by atoms with van der Waals surface area (Å²) < 4.78 is 20.8. The molecule has 1 aromatic carbocycles. The summed E-state index contributed by atoms with van der Waals surface area (Å²) in [6, 6.07) is 4.11. The number of nitrogens with zero attached hydrogens (tertiary/aromatic N) is 4. The molecule has 7 nitrogen and oxygen atoms in total. The van der Waals surface area contributed by atoms with Crippen molar-refractivity contribution in [1.82, 2.24) is 14.7 Å². The Morgan fingerprint density at radius 3 is 2.67 bits per heavy atom. The van der Waals surface area contributed by atoms with Gasteiger partial charge in [-0.15, -0.1) is 0 Å². The first-order valence-corrected chi connectivity index (χ1v) is 7.70. The van der Waals surface area contributed by atoms with Crippen LogP contribution in [0.25, 0.3) is 0 Å². The zero-order valence-electron chi connectivity index (χ0n) is 13.7. The molecule has 0 aliphatic carbocycles. The summed E-state index contributed by atoms with van der Waals surface area (Å²) in [6.45, 7) is 2.51. The molecule has 0 saturated carbocycles. The molecule has 3 rings (SSSR count). The first-order chi connectivity index (χ1) is 11.6. The zero-order valence-corrected chi connectivity index (χ0v) is 13.7. The predicted molar refractivity (Wildman–Crippen MR) is 89.0 cm³/mol. The Hall–Kier alpha value is -2.77. The number of nitrogens with one attached hydrogen (secondary N) is 1. The number of amides is 2. The molecule has 0 radical (unpaired) electrons. The van der Waals surface area contributed by atoms with E-state index in [1.807, 2.05) is 13.2 Å². The zero-order chi connectivity index (χ0) is 17.1. The number of para-hydroxylation sites is 1. The van der Waals surface area contributed by atoms with Crippen LogP contribution in [0, 0.1) is 5.82 Å². The normalized spacial score (nSPS) is 14.6. The van der Waals surface area contributed by atoms with Crippen molar-refractivity contribution in [3.05, 3.63) is 36.4 Å². The highest BCUT2D eigenvalue weighted by Gasteiger charge is 2.23. The van der Waals surface area contributed by atoms with Gasteiger partial charge in [-0.05, 0) is 12.1 Å². The maximum atomic E-state index is 13.9. The first kappa shape index (κ1) is 16.1. The Kier molecular flexibility index (Phi) is 4.54. The quantitative estimate of drug-likeness (QED) is 0.932. The standard InChI is InChI=1S/C16H20FN5O2/c1-20-11-12(10-18-20)21-6-8-22(9-7-21)16(23)19-15-13(17)4-3-5-14(15)24-2/h3-5,10-11H,6-9H2,1-2H3,(H,19,23). The highest BCUT2D eigenvalue weighted by molar-refractivity contribution is 5.91. The lowest BCUT2D eigenvalue weighted by Crippen LogP contribution is -2.50. The lowest BCUT2D eigenvalue weighted by molar-refractivity contribution is 0.208. The number of methoxy groups -OCH3 is 1. The first-order valence-electron chi connectivity index (χ1n) is 7.70. The van der Waals surface area contributed by atoms with Gasteiger partial charge in [-0.2, -0.15) is 5.10 Å². The number of benzene rings is 1. The average Bonchev–Trinajstić information content (AvgIpc) is 3.03. The molecule has 0 spiro atoms. The van der Waals surface area contributed by atoms with Crippen LogP contribution < -0.4 is 15.0 Å². The van der Waals surface area contributed by atoms with Crippen LogP contribution in [-0.4, -0.2) is 54.0 Å². The van der Waals surface area contributed by atoms with Gasteiger partial charge >= 0.3 is 6.03 Å². The predicted octanol–water partition coefficient (Wildman–Crippen LogP) is 1.92. The van der Waals surface area contributed by atoms with Crippen LogP contribution in [0.15, 0.2) is 30.6 Å². The number of piperazine rings is 1. The Balaban J connectivity index is 1.62. The van der Waals surface area contributed by atoms with Crippen molar-refractivity contribution in [1.29, 1.82) is 0 Å². The third-order valence-electron chi connectivity index (χ3n) is 4.05. The maximum absolute atomic E-state index is 13.9. The molecular formula is C16H20FN5O2. The Morgan fingerprint density at radius 1 is 1.29 bits per heavy atom. The van der Waals surface area contributed by atoms with Crippen molar-refractivity contribution < 1.29 is 13.9 Å². The number of carbonyl (C=O) groups is 1. The van der Waals surface area contributed by atoms with E-state index in [2.05, 4.69) is 15.3 Å². The maximum Gasteiger partial charge on any atom is 0.322 e. The van der Waals surface area contributed by atoms with Crippen molar-refractivity contribution >= 4 is 17.4 Å². The molecule has 24 heavy (non-hydrogen) atoms. The van der Waals surface area contributed by atoms with Crippen LogP contribution >= 0.6 is 0 Å². The minimum atomic E-state index is -0.517. The third-order valence-corrected chi connectivity index (χ3v) is 4.05. The molecule has 1 aliphatic rings. The smallest absolute Gasteiger partial charge is 0.322 e. The van der Waals surface area contributed by atoms with Crippen molar-refractivity contribution in [2.75, 3.05) is 43.5 Å². The molecule has 128 valence electrons. The number of rotatable bonds is 3. The highest BCUT2D eigenvalue weighted by atomic mass is 19.1. The Bertz CT molecular complexity index is 725. The summed E-state index contributed by atoms with van der Waals surface area (Å²) in [4.78, 5) is 16.2. The van der Waals surface area contributed by atoms with Crippen molar-refractivity contribution in [3.8, 4) is 5.75 Å². The SMILES string of the molecule is COc1cccc(F)c1NC(=O)N1CCN(c2cnn(C)c2)CC1. The number of hydrogen-bond donors (Lipinski definition) is 1. The largest absolute Gasteiger partial charge is 0.494 e. The fourth-order valence-corrected chi connectivity index (χ4v) is 2.72. The van der Waals surface area contributed by atoms with Gasteiger partial charge in [0, 0.05) is 39.4 Å². The summed E-state index contributed by atoms with van der Waals surface area (Å²) in [5, 5.41) is 6.77. The Morgan fingerprint density at radius 2 is 2.04 bits per heavy atom. The van der Waals surface area contributed by atoms with Crippen molar-refractivity contribution in [3.63, 3.8) is 0 Å². The van der Waals surface area contributed by atoms with Gasteiger partial charge in [-0.1, -0.05) is 6.07 Å². The number of urea groups is 1. The molecule has 2 amide bonds. The molecule has 2 heterocycles. The molecule has 0 atom stereocenters. The second-order valence-electron chi connectivity index (χ2n) is 5.59. The number of ether oxygens (including phenoxy) is 1. The van der Waals surface area contributed by atoms with Crippen LogP contribution in [0.3, 0.4) is 0 Å². The van der Waals surface area contributed by atoms with Gasteiger partial charge in [0.25, 0.3) is 0 Å². The van der Waals surface area contributed by atoms with Gasteiger partial charge in [0.05, 0.1) is 19.0 Å². The molecule has 0 bridgehead atoms. The van der Waals surface area contributed by atoms with Gasteiger partial charge in [0.15, 0.2) is 5.82 Å². The molecule has 1 aromatic heterocycles. The van der Waals surface area contributed by atoms with E-state index in [4.69, 9.17) is 4.74 Å². The average molecular weight is 333 g/mol. The Labute approximate surface area is 139 Å². The molecule has 2 aromatic rings. The van der Waals surface area contributed by atoms with Crippen LogP contribution in [0.4, 0.5) is 20.6 Å². The van der Waals surface area contributed by atoms with Gasteiger partial charge in [0.1, 0.15) is 11.4 Å². The number of aromatic nitrogens is 2. The number of anilines is 2. The highest BCUT2D eigenvalue weighted by Crippen LogP contribution is 2.27. The fraction of sp³-hybridized carbons (Fsp3) is 0.375. The van der Waals surface area contributed by atoms with Crippen LogP contribution in [0.5, 0.6) is 5.75 Å². The summed E-state index contributed by atoms with van der Waals surface area (Å²) >= 11 is 0. The minimum absolute atomic E-state index is 0.0692. The van der Waals surface area contributed by atoms with E-state index in [9.17, 15) is 9.18 Å². The van der Waals surface area contributed by atoms with E-state index in [0.717, 1.165) is 5.69 Å². The lowest BCUT2D eigenvalue weighted by Gasteiger charge is -2.35. The molecular weight excluding hydrogens is 313 g/mol. The van der Waals surface area contributed by atoms with Crippen molar-refractivity contribution in [2.45, 2.75) is 0 Å². The minimum Gasteiger partial charge on any atom is -0.494 e. The number of carbonyl (C=O) groups excluding carboxylic acids is 1. The monoisotopic (exact) mass is 333 g/mol. The summed E-state index contributed by atoms with van der Waals surface area (Å²) in [5.74, 6) is -0.214. The number of hydrogen-bond acceptors (Lipinski definition) is 4. The van der Waals surface area contributed by atoms with E-state index in [0.29, 0.717) is 31.9 Å². The number of halogens is 1. The molecule has 1 fully saturated rings. The van der Waals surface area contributed by atoms with Gasteiger partial charge in [-0.25, -0.2) is 9.18 Å². The molecule has 8 heteroatoms. The molecule has 1 N–H and O–H groups in total. The van der Waals surface area contributed by atoms with Crippen LogP contribution in [0.2, 0.25) is 0 Å². The second-order valence-corrected chi connectivity index (χ2v) is 5.59. The van der Waals surface area contributed by atoms with E-state index in [1.165, 1.54) is 19.2 Å². The van der Waals surface area contributed by atoms with E-state index >= 15 is 0 Å². The van der Waals surface area contributed by atoms with E-state index < -0.39 is 5.82 Å². The summed E-state index contributed by atoms with van der Waals surface area (Å²) in [6.07, 6.45) is 3.75. The summed E-state index contributed by atoms with van der Waals surface area (Å²) in [7, 11) is 3.31. The molecule has 1 aliphatic heterocycles. The van der Waals surface area contributed by atoms with E-state index in [-0.39, 0.29) is 11.7 Å². The fourth-order valence-electron chi connectivity index (χ4n) is 2.72. The van der Waals surface area contributed by atoms with Crippen LogP contribution in [0.1, 0.15) is 0 Å². The van der Waals surface area contributed by atoms with Crippen molar-refractivity contribution in [2.24, 2.45) is 7.05 Å². The number of aryl methyl sites for hydroxylation is 1. The lowest BCUT2D eigenvalue weighted by atomic mass is 10.2. The van der Waals surface area contributed by atoms with Gasteiger partial charge in [0.2, 0.25) is 0 Å². The third kappa shape index (κ3) is 3.27. The summed E-state index contributed by atoms with van der Waals surface area (Å²) in [5.41, 5.74) is 1.10. The van der Waals surface area contributed by atoms with Crippen LogP contribution in [-0.2, 0) is 7.05 Å². The van der Waals surface area contributed by atoms with E-state index in [1.54, 1.807) is 21.8 Å². The molecule has 1 saturated heterocycles.